The van der Waals surface area contributed by atoms with E-state index in [0.29, 0.717) is 5.41 Å². The highest BCUT2D eigenvalue weighted by Gasteiger charge is 2.47. The number of para-hydroxylation sites is 1. The van der Waals surface area contributed by atoms with Crippen LogP contribution in [0.5, 0.6) is 0 Å². The fraction of sp³-hybridized carbons (Fsp3) is 0.632. The van der Waals surface area contributed by atoms with E-state index in [4.69, 9.17) is 0 Å². The number of amides is 2. The lowest BCUT2D eigenvalue weighted by molar-refractivity contribution is 0.0678. The molecule has 3 nitrogen and oxygen atoms in total. The van der Waals surface area contributed by atoms with E-state index in [9.17, 15) is 4.79 Å². The molecule has 4 aliphatic carbocycles. The first-order chi connectivity index (χ1) is 10.7. The fourth-order valence-corrected chi connectivity index (χ4v) is 5.49. The molecule has 2 atom stereocenters. The van der Waals surface area contributed by atoms with Gasteiger partial charge in [0.05, 0.1) is 0 Å². The molecule has 4 bridgehead atoms. The van der Waals surface area contributed by atoms with Crippen molar-refractivity contribution >= 4 is 11.7 Å². The first-order valence-corrected chi connectivity index (χ1v) is 8.81. The maximum absolute atomic E-state index is 12.2. The predicted molar refractivity (Wildman–Crippen MR) is 88.7 cm³/mol. The van der Waals surface area contributed by atoms with E-state index in [1.54, 1.807) is 0 Å². The summed E-state index contributed by atoms with van der Waals surface area (Å²) in [4.78, 5) is 12.2. The van der Waals surface area contributed by atoms with Gasteiger partial charge in [-0.25, -0.2) is 4.79 Å². The Morgan fingerprint density at radius 2 is 1.73 bits per heavy atom. The number of nitrogens with one attached hydrogen (secondary N) is 2. The van der Waals surface area contributed by atoms with Gasteiger partial charge in [-0.05, 0) is 80.2 Å². The molecule has 1 aromatic carbocycles. The highest BCUT2D eigenvalue weighted by Crippen LogP contribution is 2.56. The molecule has 1 aromatic rings. The molecular formula is C19H26N2O. The lowest BCUT2D eigenvalue weighted by Gasteiger charge is -2.45. The molecule has 0 aromatic heterocycles. The van der Waals surface area contributed by atoms with Crippen molar-refractivity contribution < 1.29 is 4.79 Å². The minimum atomic E-state index is -0.0562. The Morgan fingerprint density at radius 3 is 2.45 bits per heavy atom. The van der Waals surface area contributed by atoms with Gasteiger partial charge in [0.2, 0.25) is 0 Å². The van der Waals surface area contributed by atoms with E-state index >= 15 is 0 Å². The summed E-state index contributed by atoms with van der Waals surface area (Å²) in [5, 5.41) is 6.10. The number of carbonyl (C=O) groups excluding carboxylic acids is 1. The van der Waals surface area contributed by atoms with Crippen molar-refractivity contribution in [1.82, 2.24) is 5.32 Å². The van der Waals surface area contributed by atoms with Crippen LogP contribution < -0.4 is 10.6 Å². The smallest absolute Gasteiger partial charge is 0.319 e. The average Bonchev–Trinajstić information content (AvgIpc) is 2.71. The summed E-state index contributed by atoms with van der Waals surface area (Å²) in [5.74, 6) is 2.84. The van der Waals surface area contributed by atoms with E-state index in [1.807, 2.05) is 30.3 Å². The van der Waals surface area contributed by atoms with E-state index in [1.165, 1.54) is 44.9 Å². The zero-order valence-corrected chi connectivity index (χ0v) is 13.2. The number of hydrogen-bond acceptors (Lipinski definition) is 1. The summed E-state index contributed by atoms with van der Waals surface area (Å²) < 4.78 is 0. The Kier molecular flexibility index (Phi) is 3.59. The van der Waals surface area contributed by atoms with Gasteiger partial charge in [-0.1, -0.05) is 18.2 Å². The topological polar surface area (TPSA) is 41.1 Å². The van der Waals surface area contributed by atoms with Crippen LogP contribution >= 0.6 is 0 Å². The molecule has 0 aliphatic heterocycles. The number of urea groups is 1. The van der Waals surface area contributed by atoms with Crippen molar-refractivity contribution in [3.8, 4) is 0 Å². The van der Waals surface area contributed by atoms with Crippen LogP contribution in [-0.2, 0) is 0 Å². The summed E-state index contributed by atoms with van der Waals surface area (Å²) in [6, 6.07) is 9.64. The number of hydrogen-bond donors (Lipinski definition) is 2. The standard InChI is InChI=1S/C19H26N2O/c22-18(21-17-4-2-1-3-5-17)20-13-19-7-6-14-8-15(11-19)10-16(9-14)12-19/h1-5,14-16H,6-13H2,(H2,20,21,22). The normalized spacial score (nSPS) is 35.9. The minimum Gasteiger partial charge on any atom is -0.337 e. The molecule has 5 rings (SSSR count). The molecule has 4 aliphatic rings. The van der Waals surface area contributed by atoms with Crippen molar-refractivity contribution in [3.63, 3.8) is 0 Å². The van der Waals surface area contributed by atoms with Crippen LogP contribution in [-0.4, -0.2) is 12.6 Å². The van der Waals surface area contributed by atoms with Crippen LogP contribution in [0.15, 0.2) is 30.3 Å². The van der Waals surface area contributed by atoms with Gasteiger partial charge < -0.3 is 10.6 Å². The number of fused-ring (bicyclic) bond motifs is 1. The van der Waals surface area contributed by atoms with Crippen molar-refractivity contribution in [3.05, 3.63) is 30.3 Å². The Bertz CT molecular complexity index is 528. The predicted octanol–water partition coefficient (Wildman–Crippen LogP) is 4.41. The number of benzene rings is 1. The molecule has 0 heterocycles. The van der Waals surface area contributed by atoms with E-state index in [-0.39, 0.29) is 6.03 Å². The van der Waals surface area contributed by atoms with Gasteiger partial charge in [0.25, 0.3) is 0 Å². The molecule has 4 saturated carbocycles. The van der Waals surface area contributed by atoms with E-state index < -0.39 is 0 Å². The van der Waals surface area contributed by atoms with Gasteiger partial charge in [-0.15, -0.1) is 0 Å². The Morgan fingerprint density at radius 1 is 1.05 bits per heavy atom. The second-order valence-electron chi connectivity index (χ2n) is 7.93. The second kappa shape index (κ2) is 5.60. The third kappa shape index (κ3) is 2.86. The quantitative estimate of drug-likeness (QED) is 0.852. The van der Waals surface area contributed by atoms with Gasteiger partial charge in [-0.2, -0.15) is 0 Å². The summed E-state index contributed by atoms with van der Waals surface area (Å²) in [5.41, 5.74) is 1.24. The maximum atomic E-state index is 12.2. The van der Waals surface area contributed by atoms with Crippen molar-refractivity contribution in [2.24, 2.45) is 23.2 Å². The number of rotatable bonds is 3. The summed E-state index contributed by atoms with van der Waals surface area (Å²) in [7, 11) is 0. The highest BCUT2D eigenvalue weighted by molar-refractivity contribution is 5.89. The molecule has 22 heavy (non-hydrogen) atoms. The van der Waals surface area contributed by atoms with Gasteiger partial charge in [0.15, 0.2) is 0 Å². The largest absolute Gasteiger partial charge is 0.337 e. The molecule has 0 radical (unpaired) electrons. The Balaban J connectivity index is 1.37. The first kappa shape index (κ1) is 14.1. The van der Waals surface area contributed by atoms with Gasteiger partial charge in [-0.3, -0.25) is 0 Å². The van der Waals surface area contributed by atoms with E-state index in [0.717, 1.165) is 30.0 Å². The lowest BCUT2D eigenvalue weighted by Crippen LogP contribution is -2.43. The molecule has 0 saturated heterocycles. The summed E-state index contributed by atoms with van der Waals surface area (Å²) in [6.07, 6.45) is 9.74. The van der Waals surface area contributed by atoms with Crippen molar-refractivity contribution in [1.29, 1.82) is 0 Å². The zero-order valence-electron chi connectivity index (χ0n) is 13.2. The lowest BCUT2D eigenvalue weighted by atomic mass is 9.61. The summed E-state index contributed by atoms with van der Waals surface area (Å²) in [6.45, 7) is 0.853. The van der Waals surface area contributed by atoms with Crippen LogP contribution in [0.25, 0.3) is 0 Å². The highest BCUT2D eigenvalue weighted by atomic mass is 16.2. The second-order valence-corrected chi connectivity index (χ2v) is 7.93. The van der Waals surface area contributed by atoms with Crippen LogP contribution in [0.4, 0.5) is 10.5 Å². The third-order valence-electron chi connectivity index (χ3n) is 6.18. The zero-order chi connectivity index (χ0) is 15.0. The van der Waals surface area contributed by atoms with Gasteiger partial charge >= 0.3 is 6.03 Å². The molecule has 2 unspecified atom stereocenters. The van der Waals surface area contributed by atoms with Gasteiger partial charge in [0, 0.05) is 12.2 Å². The van der Waals surface area contributed by atoms with Crippen molar-refractivity contribution in [2.75, 3.05) is 11.9 Å². The molecule has 2 amide bonds. The van der Waals surface area contributed by atoms with Crippen LogP contribution in [0, 0.1) is 23.2 Å². The molecule has 2 N–H and O–H groups in total. The third-order valence-corrected chi connectivity index (χ3v) is 6.18. The average molecular weight is 298 g/mol. The van der Waals surface area contributed by atoms with Crippen molar-refractivity contribution in [2.45, 2.75) is 44.9 Å². The minimum absolute atomic E-state index is 0.0562. The SMILES string of the molecule is O=C(NCC12CCC3CC(CC(C3)C1)C2)Nc1ccccc1. The number of anilines is 1. The van der Waals surface area contributed by atoms with Crippen LogP contribution in [0.3, 0.4) is 0 Å². The molecule has 0 spiro atoms. The first-order valence-electron chi connectivity index (χ1n) is 8.81. The molecule has 3 heteroatoms. The molecule has 118 valence electrons. The van der Waals surface area contributed by atoms with Gasteiger partial charge in [0.1, 0.15) is 0 Å². The number of carbonyl (C=O) groups is 1. The Hall–Kier alpha value is -1.51. The molecular weight excluding hydrogens is 272 g/mol. The fourth-order valence-electron chi connectivity index (χ4n) is 5.49. The molecule has 4 fully saturated rings. The Labute approximate surface area is 132 Å². The summed E-state index contributed by atoms with van der Waals surface area (Å²) >= 11 is 0. The maximum Gasteiger partial charge on any atom is 0.319 e. The van der Waals surface area contributed by atoms with E-state index in [2.05, 4.69) is 10.6 Å². The monoisotopic (exact) mass is 298 g/mol. The van der Waals surface area contributed by atoms with Crippen LogP contribution in [0.1, 0.15) is 44.9 Å². The van der Waals surface area contributed by atoms with Crippen LogP contribution in [0.2, 0.25) is 0 Å².